The van der Waals surface area contributed by atoms with E-state index in [0.29, 0.717) is 0 Å². The number of ether oxygens (including phenoxy) is 1. The lowest BCUT2D eigenvalue weighted by Gasteiger charge is -2.04. The molecule has 0 saturated carbocycles. The molecule has 2 rings (SSSR count). The molecule has 1 aromatic carbocycles. The maximum atomic E-state index is 11.4. The Kier molecular flexibility index (Phi) is 2.54. The van der Waals surface area contributed by atoms with Gasteiger partial charge in [-0.05, 0) is 35.1 Å². The van der Waals surface area contributed by atoms with E-state index in [1.807, 2.05) is 53.8 Å². The van der Waals surface area contributed by atoms with Crippen LogP contribution in [0.4, 0.5) is 0 Å². The van der Waals surface area contributed by atoms with Gasteiger partial charge in [0.25, 0.3) is 0 Å². The van der Waals surface area contributed by atoms with E-state index in [0.717, 1.165) is 11.3 Å². The van der Waals surface area contributed by atoms with E-state index < -0.39 is 3.55 Å². The van der Waals surface area contributed by atoms with E-state index in [2.05, 4.69) is 4.99 Å². The molecule has 78 valence electrons. The normalized spacial score (nSPS) is 23.3. The average Bonchev–Trinajstić information content (AvgIpc) is 2.92. The largest absolute Gasteiger partial charge is 0.466 e. The van der Waals surface area contributed by atoms with Crippen molar-refractivity contribution in [2.75, 3.05) is 7.11 Å². The summed E-state index contributed by atoms with van der Waals surface area (Å²) in [6.07, 6.45) is 0. The van der Waals surface area contributed by atoms with Crippen molar-refractivity contribution in [2.24, 2.45) is 4.99 Å². The number of carbonyl (C=O) groups is 1. The lowest BCUT2D eigenvalue weighted by molar-refractivity contribution is -0.139. The molecule has 0 fully saturated rings. The molecule has 0 aromatic heterocycles. The molecule has 1 unspecified atom stereocenters. The van der Waals surface area contributed by atoms with Crippen LogP contribution >= 0.6 is 22.6 Å². The van der Waals surface area contributed by atoms with Crippen molar-refractivity contribution in [3.8, 4) is 0 Å². The molecule has 1 aliphatic rings. The van der Waals surface area contributed by atoms with Gasteiger partial charge < -0.3 is 4.74 Å². The van der Waals surface area contributed by atoms with Crippen molar-refractivity contribution < 1.29 is 9.53 Å². The molecule has 0 amide bonds. The third-order valence-corrected chi connectivity index (χ3v) is 3.50. The summed E-state index contributed by atoms with van der Waals surface area (Å²) in [4.78, 5) is 15.6. The van der Waals surface area contributed by atoms with Crippen LogP contribution in [0.5, 0.6) is 0 Å². The van der Waals surface area contributed by atoms with Crippen molar-refractivity contribution in [1.82, 2.24) is 0 Å². The summed E-state index contributed by atoms with van der Waals surface area (Å²) in [5, 5.41) is 0. The standard InChI is InChI=1S/C11H10INO2/c1-7-3-5-8(6-4-7)9-11(12,13-9)10(14)15-2/h3-6H,1-2H3. The number of alkyl halides is 1. The highest BCUT2D eigenvalue weighted by atomic mass is 127. The fourth-order valence-electron chi connectivity index (χ4n) is 1.37. The summed E-state index contributed by atoms with van der Waals surface area (Å²) in [5.74, 6) is -0.307. The first kappa shape index (κ1) is 10.6. The van der Waals surface area contributed by atoms with Gasteiger partial charge in [-0.15, -0.1) is 0 Å². The molecular formula is C11H10INO2. The molecule has 1 heterocycles. The fraction of sp³-hybridized carbons (Fsp3) is 0.273. The van der Waals surface area contributed by atoms with Crippen LogP contribution in [-0.4, -0.2) is 22.3 Å². The minimum Gasteiger partial charge on any atom is -0.466 e. The molecule has 0 saturated heterocycles. The summed E-state index contributed by atoms with van der Waals surface area (Å²) >= 11 is 2.01. The highest BCUT2D eigenvalue weighted by Gasteiger charge is 2.53. The lowest BCUT2D eigenvalue weighted by Crippen LogP contribution is -2.24. The number of carbonyl (C=O) groups excluding carboxylic acids is 1. The van der Waals surface area contributed by atoms with Crippen LogP contribution in [0.1, 0.15) is 11.1 Å². The Balaban J connectivity index is 2.20. The van der Waals surface area contributed by atoms with Crippen LogP contribution in [0.15, 0.2) is 29.3 Å². The minimum absolute atomic E-state index is 0.307. The zero-order chi connectivity index (χ0) is 11.1. The maximum absolute atomic E-state index is 11.4. The average molecular weight is 315 g/mol. The summed E-state index contributed by atoms with van der Waals surface area (Å²) in [5.41, 5.74) is 2.98. The number of methoxy groups -OCH3 is 1. The SMILES string of the molecule is COC(=O)C1(I)N=C1c1ccc(C)cc1. The first-order valence-corrected chi connectivity index (χ1v) is 5.60. The Bertz CT molecular complexity index is 438. The molecule has 0 radical (unpaired) electrons. The van der Waals surface area contributed by atoms with Crippen LogP contribution in [-0.2, 0) is 9.53 Å². The van der Waals surface area contributed by atoms with Crippen LogP contribution in [0, 0.1) is 6.92 Å². The molecule has 15 heavy (non-hydrogen) atoms. The first-order chi connectivity index (χ1) is 7.08. The predicted octanol–water partition coefficient (Wildman–Crippen LogP) is 2.10. The summed E-state index contributed by atoms with van der Waals surface area (Å²) in [6, 6.07) is 7.95. The van der Waals surface area contributed by atoms with E-state index in [-0.39, 0.29) is 5.97 Å². The second kappa shape index (κ2) is 3.59. The Morgan fingerprint density at radius 3 is 2.53 bits per heavy atom. The molecule has 4 heteroatoms. The number of hydrogen-bond acceptors (Lipinski definition) is 3. The van der Waals surface area contributed by atoms with Gasteiger partial charge in [-0.1, -0.05) is 29.8 Å². The maximum Gasteiger partial charge on any atom is 0.350 e. The molecular weight excluding hydrogens is 305 g/mol. The number of aryl methyl sites for hydroxylation is 1. The van der Waals surface area contributed by atoms with Crippen molar-refractivity contribution in [2.45, 2.75) is 10.5 Å². The van der Waals surface area contributed by atoms with E-state index in [1.165, 1.54) is 12.7 Å². The van der Waals surface area contributed by atoms with Crippen LogP contribution in [0.3, 0.4) is 0 Å². The van der Waals surface area contributed by atoms with Gasteiger partial charge >= 0.3 is 5.97 Å². The van der Waals surface area contributed by atoms with Crippen LogP contribution in [0.25, 0.3) is 0 Å². The molecule has 0 aliphatic carbocycles. The second-order valence-corrected chi connectivity index (χ2v) is 5.00. The van der Waals surface area contributed by atoms with Gasteiger partial charge in [0.2, 0.25) is 3.55 Å². The minimum atomic E-state index is -0.776. The number of nitrogens with zero attached hydrogens (tertiary/aromatic N) is 1. The first-order valence-electron chi connectivity index (χ1n) is 4.52. The van der Waals surface area contributed by atoms with E-state index in [1.54, 1.807) is 0 Å². The highest BCUT2D eigenvalue weighted by molar-refractivity contribution is 14.1. The number of benzene rings is 1. The van der Waals surface area contributed by atoms with E-state index in [4.69, 9.17) is 4.74 Å². The Labute approximate surface area is 102 Å². The lowest BCUT2D eigenvalue weighted by atomic mass is 10.1. The van der Waals surface area contributed by atoms with Gasteiger partial charge in [0.05, 0.1) is 12.8 Å². The van der Waals surface area contributed by atoms with E-state index in [9.17, 15) is 4.79 Å². The topological polar surface area (TPSA) is 38.7 Å². The van der Waals surface area contributed by atoms with Gasteiger partial charge in [-0.2, -0.15) is 0 Å². The molecule has 0 bridgehead atoms. The third-order valence-electron chi connectivity index (χ3n) is 2.31. The molecule has 1 aromatic rings. The Hall–Kier alpha value is -0.910. The van der Waals surface area contributed by atoms with Gasteiger partial charge in [-0.25, -0.2) is 9.79 Å². The number of esters is 1. The number of rotatable bonds is 2. The summed E-state index contributed by atoms with van der Waals surface area (Å²) in [6.45, 7) is 2.02. The summed E-state index contributed by atoms with van der Waals surface area (Å²) < 4.78 is 3.92. The number of aliphatic imine (C=N–C) groups is 1. The zero-order valence-electron chi connectivity index (χ0n) is 8.45. The Morgan fingerprint density at radius 1 is 1.40 bits per heavy atom. The monoisotopic (exact) mass is 315 g/mol. The number of hydrogen-bond donors (Lipinski definition) is 0. The van der Waals surface area contributed by atoms with E-state index >= 15 is 0 Å². The smallest absolute Gasteiger partial charge is 0.350 e. The quantitative estimate of drug-likeness (QED) is 0.363. The highest BCUT2D eigenvalue weighted by Crippen LogP contribution is 2.40. The van der Waals surface area contributed by atoms with Crippen molar-refractivity contribution in [3.05, 3.63) is 35.4 Å². The summed E-state index contributed by atoms with van der Waals surface area (Å²) in [7, 11) is 1.38. The number of halogens is 1. The molecule has 0 N–H and O–H groups in total. The zero-order valence-corrected chi connectivity index (χ0v) is 10.6. The van der Waals surface area contributed by atoms with Gasteiger partial charge in [0.1, 0.15) is 0 Å². The van der Waals surface area contributed by atoms with Crippen LogP contribution in [0.2, 0.25) is 0 Å². The van der Waals surface area contributed by atoms with Crippen molar-refractivity contribution in [1.29, 1.82) is 0 Å². The van der Waals surface area contributed by atoms with Crippen molar-refractivity contribution in [3.63, 3.8) is 0 Å². The molecule has 1 atom stereocenters. The van der Waals surface area contributed by atoms with Crippen molar-refractivity contribution >= 4 is 34.3 Å². The third kappa shape index (κ3) is 1.78. The second-order valence-electron chi connectivity index (χ2n) is 3.44. The molecule has 1 aliphatic heterocycles. The molecule has 0 spiro atoms. The fourth-order valence-corrected chi connectivity index (χ4v) is 2.14. The predicted molar refractivity (Wildman–Crippen MR) is 66.5 cm³/mol. The van der Waals surface area contributed by atoms with Gasteiger partial charge in [0, 0.05) is 0 Å². The van der Waals surface area contributed by atoms with Crippen LogP contribution < -0.4 is 0 Å². The van der Waals surface area contributed by atoms with Gasteiger partial charge in [0.15, 0.2) is 0 Å². The Morgan fingerprint density at radius 2 is 2.00 bits per heavy atom. The van der Waals surface area contributed by atoms with Gasteiger partial charge in [-0.3, -0.25) is 0 Å². The molecule has 3 nitrogen and oxygen atoms in total.